The number of hydrogen-bond donors (Lipinski definition) is 0. The molecule has 0 atom stereocenters. The summed E-state index contributed by atoms with van der Waals surface area (Å²) >= 11 is 5.76. The summed E-state index contributed by atoms with van der Waals surface area (Å²) in [5, 5.41) is 0.635. The summed E-state index contributed by atoms with van der Waals surface area (Å²) in [5.74, 6) is 0. The van der Waals surface area contributed by atoms with Crippen LogP contribution in [0.25, 0.3) is 0 Å². The van der Waals surface area contributed by atoms with Gasteiger partial charge in [0, 0.05) is 37.8 Å². The highest BCUT2D eigenvalue weighted by atomic mass is 35.5. The Morgan fingerprint density at radius 1 is 1.29 bits per heavy atom. The highest BCUT2D eigenvalue weighted by Gasteiger charge is 2.25. The van der Waals surface area contributed by atoms with Gasteiger partial charge in [0.1, 0.15) is 5.60 Å². The van der Waals surface area contributed by atoms with Crippen molar-refractivity contribution in [3.05, 3.63) is 11.6 Å². The summed E-state index contributed by atoms with van der Waals surface area (Å²) in [6.07, 6.45) is -0.234. The van der Waals surface area contributed by atoms with Gasteiger partial charge in [-0.2, -0.15) is 0 Å². The smallest absolute Gasteiger partial charge is 0.410 e. The Morgan fingerprint density at radius 3 is 2.24 bits per heavy atom. The maximum Gasteiger partial charge on any atom is 0.410 e. The van der Waals surface area contributed by atoms with Gasteiger partial charge in [-0.3, -0.25) is 4.90 Å². The molecule has 1 fully saturated rings. The quantitative estimate of drug-likeness (QED) is 0.764. The van der Waals surface area contributed by atoms with Crippen LogP contribution in [0.2, 0.25) is 0 Å². The van der Waals surface area contributed by atoms with Crippen molar-refractivity contribution >= 4 is 17.7 Å². The lowest BCUT2D eigenvalue weighted by Crippen LogP contribution is -2.50. The molecule has 0 bridgehead atoms. The van der Waals surface area contributed by atoms with Crippen LogP contribution >= 0.6 is 11.6 Å². The van der Waals surface area contributed by atoms with Gasteiger partial charge < -0.3 is 9.64 Å². The third-order valence-corrected chi connectivity index (χ3v) is 2.54. The van der Waals surface area contributed by atoms with Crippen molar-refractivity contribution in [1.82, 2.24) is 9.80 Å². The summed E-state index contributed by atoms with van der Waals surface area (Å²) in [7, 11) is 0. The first-order chi connectivity index (χ1) is 7.78. The molecule has 0 aromatic rings. The van der Waals surface area contributed by atoms with Gasteiger partial charge in [0.2, 0.25) is 0 Å². The van der Waals surface area contributed by atoms with Crippen LogP contribution in [0, 0.1) is 0 Å². The van der Waals surface area contributed by atoms with Crippen molar-refractivity contribution in [3.63, 3.8) is 0 Å². The molecule has 0 saturated carbocycles. The zero-order chi connectivity index (χ0) is 13.1. The number of amides is 1. The molecule has 5 heteroatoms. The molecule has 0 aliphatic carbocycles. The largest absolute Gasteiger partial charge is 0.444 e. The van der Waals surface area contributed by atoms with E-state index in [0.29, 0.717) is 24.7 Å². The summed E-state index contributed by atoms with van der Waals surface area (Å²) in [6.45, 7) is 13.0. The Hall–Kier alpha value is -0.740. The van der Waals surface area contributed by atoms with Gasteiger partial charge in [0.25, 0.3) is 0 Å². The molecule has 0 aromatic heterocycles. The Balaban J connectivity index is 2.36. The van der Waals surface area contributed by atoms with E-state index in [2.05, 4.69) is 11.5 Å². The first kappa shape index (κ1) is 14.3. The number of halogens is 1. The SMILES string of the molecule is C=C(Cl)CN1CCN(C(=O)OC(C)(C)C)CC1. The van der Waals surface area contributed by atoms with Crippen molar-refractivity contribution in [2.75, 3.05) is 32.7 Å². The fraction of sp³-hybridized carbons (Fsp3) is 0.750. The molecule has 0 aromatic carbocycles. The van der Waals surface area contributed by atoms with Crippen LogP contribution in [0.1, 0.15) is 20.8 Å². The molecule has 0 N–H and O–H groups in total. The second-order valence-electron chi connectivity index (χ2n) is 5.26. The van der Waals surface area contributed by atoms with Crippen molar-refractivity contribution in [1.29, 1.82) is 0 Å². The Kier molecular flexibility index (Phi) is 4.83. The number of nitrogens with zero attached hydrogens (tertiary/aromatic N) is 2. The molecule has 1 saturated heterocycles. The minimum atomic E-state index is -0.432. The summed E-state index contributed by atoms with van der Waals surface area (Å²) < 4.78 is 5.32. The van der Waals surface area contributed by atoms with Crippen LogP contribution < -0.4 is 0 Å². The molecule has 0 unspecified atom stereocenters. The molecule has 1 aliphatic heterocycles. The molecule has 0 spiro atoms. The van der Waals surface area contributed by atoms with Crippen LogP contribution in [-0.4, -0.2) is 54.2 Å². The van der Waals surface area contributed by atoms with Crippen molar-refractivity contribution < 1.29 is 9.53 Å². The van der Waals surface area contributed by atoms with Crippen LogP contribution in [-0.2, 0) is 4.74 Å². The molecule has 1 rings (SSSR count). The molecule has 4 nitrogen and oxygen atoms in total. The monoisotopic (exact) mass is 260 g/mol. The van der Waals surface area contributed by atoms with Crippen LogP contribution in [0.5, 0.6) is 0 Å². The van der Waals surface area contributed by atoms with Gasteiger partial charge >= 0.3 is 6.09 Å². The summed E-state index contributed by atoms with van der Waals surface area (Å²) in [4.78, 5) is 15.7. The molecule has 17 heavy (non-hydrogen) atoms. The zero-order valence-corrected chi connectivity index (χ0v) is 11.6. The lowest BCUT2D eigenvalue weighted by Gasteiger charge is -2.35. The van der Waals surface area contributed by atoms with Gasteiger partial charge in [0.05, 0.1) is 0 Å². The van der Waals surface area contributed by atoms with E-state index in [0.717, 1.165) is 13.1 Å². The predicted octanol–water partition coefficient (Wildman–Crippen LogP) is 2.29. The van der Waals surface area contributed by atoms with Crippen LogP contribution in [0.4, 0.5) is 4.79 Å². The minimum Gasteiger partial charge on any atom is -0.444 e. The molecular formula is C12H21ClN2O2. The van der Waals surface area contributed by atoms with E-state index < -0.39 is 5.60 Å². The standard InChI is InChI=1S/C12H21ClN2O2/c1-10(13)9-14-5-7-15(8-6-14)11(16)17-12(2,3)4/h1,5-9H2,2-4H3. The highest BCUT2D eigenvalue weighted by molar-refractivity contribution is 6.29. The van der Waals surface area contributed by atoms with Crippen molar-refractivity contribution in [2.24, 2.45) is 0 Å². The van der Waals surface area contributed by atoms with E-state index in [4.69, 9.17) is 16.3 Å². The topological polar surface area (TPSA) is 32.8 Å². The fourth-order valence-corrected chi connectivity index (χ4v) is 1.83. The first-order valence-corrected chi connectivity index (χ1v) is 6.19. The van der Waals surface area contributed by atoms with E-state index in [1.165, 1.54) is 0 Å². The normalized spacial score (nSPS) is 18.0. The maximum absolute atomic E-state index is 11.8. The third-order valence-electron chi connectivity index (χ3n) is 2.42. The Bertz CT molecular complexity index is 291. The zero-order valence-electron chi connectivity index (χ0n) is 10.8. The Labute approximate surface area is 108 Å². The second-order valence-corrected chi connectivity index (χ2v) is 5.80. The molecule has 0 radical (unpaired) electrons. The average molecular weight is 261 g/mol. The van der Waals surface area contributed by atoms with E-state index in [-0.39, 0.29) is 6.09 Å². The van der Waals surface area contributed by atoms with Gasteiger partial charge in [-0.1, -0.05) is 18.2 Å². The van der Waals surface area contributed by atoms with E-state index >= 15 is 0 Å². The number of carbonyl (C=O) groups is 1. The first-order valence-electron chi connectivity index (χ1n) is 5.81. The number of ether oxygens (including phenoxy) is 1. The minimum absolute atomic E-state index is 0.234. The van der Waals surface area contributed by atoms with Crippen LogP contribution in [0.15, 0.2) is 11.6 Å². The lowest BCUT2D eigenvalue weighted by molar-refractivity contribution is 0.0153. The van der Waals surface area contributed by atoms with E-state index in [1.54, 1.807) is 4.90 Å². The van der Waals surface area contributed by atoms with Gasteiger partial charge in [-0.05, 0) is 20.8 Å². The molecular weight excluding hydrogens is 240 g/mol. The van der Waals surface area contributed by atoms with Crippen molar-refractivity contribution in [3.8, 4) is 0 Å². The summed E-state index contributed by atoms with van der Waals surface area (Å²) in [6, 6.07) is 0. The third kappa shape index (κ3) is 5.41. The number of carbonyl (C=O) groups excluding carboxylic acids is 1. The molecule has 1 aliphatic rings. The van der Waals surface area contributed by atoms with Gasteiger partial charge in [-0.25, -0.2) is 4.79 Å². The number of piperazine rings is 1. The average Bonchev–Trinajstić information content (AvgIpc) is 2.15. The maximum atomic E-state index is 11.8. The Morgan fingerprint density at radius 2 is 1.82 bits per heavy atom. The fourth-order valence-electron chi connectivity index (χ4n) is 1.66. The molecule has 98 valence electrons. The van der Waals surface area contributed by atoms with E-state index in [1.807, 2.05) is 20.8 Å². The predicted molar refractivity (Wildman–Crippen MR) is 69.2 cm³/mol. The van der Waals surface area contributed by atoms with Crippen LogP contribution in [0.3, 0.4) is 0 Å². The van der Waals surface area contributed by atoms with Crippen molar-refractivity contribution in [2.45, 2.75) is 26.4 Å². The second kappa shape index (κ2) is 5.74. The number of rotatable bonds is 2. The lowest BCUT2D eigenvalue weighted by atomic mass is 10.2. The van der Waals surface area contributed by atoms with E-state index in [9.17, 15) is 4.79 Å². The number of hydrogen-bond acceptors (Lipinski definition) is 3. The molecule has 1 heterocycles. The van der Waals surface area contributed by atoms with Gasteiger partial charge in [0.15, 0.2) is 0 Å². The molecule has 1 amide bonds. The van der Waals surface area contributed by atoms with Gasteiger partial charge in [-0.15, -0.1) is 0 Å². The summed E-state index contributed by atoms with van der Waals surface area (Å²) in [5.41, 5.74) is -0.432. The highest BCUT2D eigenvalue weighted by Crippen LogP contribution is 2.12.